The van der Waals surface area contributed by atoms with E-state index in [4.69, 9.17) is 9.84 Å². The Hall–Kier alpha value is -2.55. The predicted molar refractivity (Wildman–Crippen MR) is 67.2 cm³/mol. The van der Waals surface area contributed by atoms with E-state index in [1.165, 1.54) is 0 Å². The van der Waals surface area contributed by atoms with Crippen molar-refractivity contribution < 1.29 is 28.7 Å². The number of nitrogens with one attached hydrogen (secondary N) is 1. The Bertz CT molecular complexity index is 605. The molecule has 2 rings (SSSR count). The van der Waals surface area contributed by atoms with Crippen molar-refractivity contribution in [2.24, 2.45) is 0 Å². The highest BCUT2D eigenvalue weighted by molar-refractivity contribution is 5.95. The molecule has 9 heteroatoms. The SMILES string of the molecule is O=C(O)C1CCC(C(=O)Nc2cc([N+](=O)[O-])ccc2F)O1. The van der Waals surface area contributed by atoms with Gasteiger partial charge in [0.15, 0.2) is 6.10 Å². The van der Waals surface area contributed by atoms with Crippen molar-refractivity contribution in [1.29, 1.82) is 0 Å². The van der Waals surface area contributed by atoms with Gasteiger partial charge in [-0.1, -0.05) is 0 Å². The van der Waals surface area contributed by atoms with Gasteiger partial charge in [-0.05, 0) is 18.9 Å². The van der Waals surface area contributed by atoms with E-state index in [0.717, 1.165) is 18.2 Å². The number of carbonyl (C=O) groups is 2. The van der Waals surface area contributed by atoms with Crippen LogP contribution in [-0.4, -0.2) is 34.1 Å². The van der Waals surface area contributed by atoms with E-state index >= 15 is 0 Å². The summed E-state index contributed by atoms with van der Waals surface area (Å²) in [5.41, 5.74) is -0.723. The third-order valence-corrected chi connectivity index (χ3v) is 3.01. The average molecular weight is 298 g/mol. The second kappa shape index (κ2) is 5.83. The smallest absolute Gasteiger partial charge is 0.332 e. The van der Waals surface area contributed by atoms with Crippen LogP contribution in [0.25, 0.3) is 0 Å². The Morgan fingerprint density at radius 1 is 1.38 bits per heavy atom. The van der Waals surface area contributed by atoms with Crippen molar-refractivity contribution in [3.8, 4) is 0 Å². The van der Waals surface area contributed by atoms with Gasteiger partial charge in [0.05, 0.1) is 10.6 Å². The fourth-order valence-corrected chi connectivity index (χ4v) is 1.95. The molecule has 1 amide bonds. The number of aliphatic carboxylic acids is 1. The molecule has 0 aliphatic carbocycles. The fraction of sp³-hybridized carbons (Fsp3) is 0.333. The van der Waals surface area contributed by atoms with E-state index in [-0.39, 0.29) is 24.2 Å². The number of rotatable bonds is 4. The summed E-state index contributed by atoms with van der Waals surface area (Å²) < 4.78 is 18.5. The fourth-order valence-electron chi connectivity index (χ4n) is 1.95. The number of hydrogen-bond acceptors (Lipinski definition) is 5. The van der Waals surface area contributed by atoms with Gasteiger partial charge in [-0.15, -0.1) is 0 Å². The lowest BCUT2D eigenvalue weighted by molar-refractivity contribution is -0.384. The van der Waals surface area contributed by atoms with Crippen LogP contribution in [0.2, 0.25) is 0 Å². The normalized spacial score (nSPS) is 21.0. The van der Waals surface area contributed by atoms with Crippen LogP contribution in [-0.2, 0) is 14.3 Å². The zero-order valence-electron chi connectivity index (χ0n) is 10.6. The minimum Gasteiger partial charge on any atom is -0.479 e. The zero-order valence-corrected chi connectivity index (χ0v) is 10.6. The number of carboxylic acid groups (broad SMARTS) is 1. The van der Waals surface area contributed by atoms with Crippen LogP contribution in [0.4, 0.5) is 15.8 Å². The quantitative estimate of drug-likeness (QED) is 0.639. The summed E-state index contributed by atoms with van der Waals surface area (Å²) >= 11 is 0. The zero-order chi connectivity index (χ0) is 15.6. The molecule has 112 valence electrons. The van der Waals surface area contributed by atoms with E-state index in [9.17, 15) is 24.1 Å². The van der Waals surface area contributed by atoms with E-state index in [1.807, 2.05) is 0 Å². The number of non-ortho nitro benzene ring substituents is 1. The van der Waals surface area contributed by atoms with Crippen molar-refractivity contribution in [2.75, 3.05) is 5.32 Å². The summed E-state index contributed by atoms with van der Waals surface area (Å²) in [7, 11) is 0. The number of carboxylic acids is 1. The van der Waals surface area contributed by atoms with Crippen molar-refractivity contribution >= 4 is 23.3 Å². The third kappa shape index (κ3) is 3.31. The molecule has 8 nitrogen and oxygen atoms in total. The lowest BCUT2D eigenvalue weighted by Crippen LogP contribution is -2.30. The van der Waals surface area contributed by atoms with Gasteiger partial charge in [-0.25, -0.2) is 9.18 Å². The van der Waals surface area contributed by atoms with Crippen LogP contribution >= 0.6 is 0 Å². The molecule has 2 atom stereocenters. The Morgan fingerprint density at radius 3 is 2.62 bits per heavy atom. The maximum Gasteiger partial charge on any atom is 0.332 e. The standard InChI is InChI=1S/C12H11FN2O6/c13-7-2-1-6(15(19)20)5-8(7)14-11(16)9-3-4-10(21-9)12(17)18/h1-2,5,9-10H,3-4H2,(H,14,16)(H,17,18). The first-order valence-electron chi connectivity index (χ1n) is 6.01. The Morgan fingerprint density at radius 2 is 2.05 bits per heavy atom. The molecule has 0 spiro atoms. The Labute approximate surface area is 117 Å². The summed E-state index contributed by atoms with van der Waals surface area (Å²) in [6, 6.07) is 2.72. The average Bonchev–Trinajstić information content (AvgIpc) is 2.90. The van der Waals surface area contributed by atoms with Crippen LogP contribution in [0.1, 0.15) is 12.8 Å². The molecule has 2 unspecified atom stereocenters. The Balaban J connectivity index is 2.08. The molecule has 1 aliphatic rings. The van der Waals surface area contributed by atoms with Gasteiger partial charge in [0, 0.05) is 12.1 Å². The number of ether oxygens (including phenoxy) is 1. The highest BCUT2D eigenvalue weighted by atomic mass is 19.1. The molecule has 1 saturated heterocycles. The van der Waals surface area contributed by atoms with Gasteiger partial charge in [0.25, 0.3) is 11.6 Å². The molecule has 1 aliphatic heterocycles. The molecule has 0 saturated carbocycles. The summed E-state index contributed by atoms with van der Waals surface area (Å²) in [6.07, 6.45) is -1.75. The van der Waals surface area contributed by atoms with E-state index in [2.05, 4.69) is 5.32 Å². The van der Waals surface area contributed by atoms with Crippen LogP contribution in [0, 0.1) is 15.9 Å². The molecule has 1 heterocycles. The van der Waals surface area contributed by atoms with E-state index in [0.29, 0.717) is 0 Å². The molecule has 1 fully saturated rings. The summed E-state index contributed by atoms with van der Waals surface area (Å²) in [6.45, 7) is 0. The second-order valence-corrected chi connectivity index (χ2v) is 4.44. The molecular formula is C12H11FN2O6. The van der Waals surface area contributed by atoms with Gasteiger partial charge in [-0.2, -0.15) is 0 Å². The summed E-state index contributed by atoms with van der Waals surface area (Å²) in [4.78, 5) is 32.4. The monoisotopic (exact) mass is 298 g/mol. The number of nitro benzene ring substituents is 1. The second-order valence-electron chi connectivity index (χ2n) is 4.44. The van der Waals surface area contributed by atoms with Gasteiger partial charge in [-0.3, -0.25) is 14.9 Å². The summed E-state index contributed by atoms with van der Waals surface area (Å²) in [5.74, 6) is -2.74. The molecule has 1 aromatic carbocycles. The number of nitro groups is 1. The first-order chi connectivity index (χ1) is 9.88. The number of halogens is 1. The first kappa shape index (κ1) is 14.9. The lowest BCUT2D eigenvalue weighted by atomic mass is 10.2. The largest absolute Gasteiger partial charge is 0.479 e. The van der Waals surface area contributed by atoms with E-state index in [1.54, 1.807) is 0 Å². The van der Waals surface area contributed by atoms with Crippen molar-refractivity contribution in [1.82, 2.24) is 0 Å². The minimum atomic E-state index is -1.17. The third-order valence-electron chi connectivity index (χ3n) is 3.01. The van der Waals surface area contributed by atoms with Crippen LogP contribution in [0.3, 0.4) is 0 Å². The van der Waals surface area contributed by atoms with Gasteiger partial charge in [0.1, 0.15) is 11.9 Å². The number of benzene rings is 1. The Kier molecular flexibility index (Phi) is 4.13. The molecule has 0 aromatic heterocycles. The van der Waals surface area contributed by atoms with Gasteiger partial charge < -0.3 is 15.2 Å². The van der Waals surface area contributed by atoms with Crippen molar-refractivity contribution in [2.45, 2.75) is 25.0 Å². The van der Waals surface area contributed by atoms with Crippen LogP contribution in [0.5, 0.6) is 0 Å². The summed E-state index contributed by atoms with van der Waals surface area (Å²) in [5, 5.41) is 21.5. The molecule has 21 heavy (non-hydrogen) atoms. The van der Waals surface area contributed by atoms with Gasteiger partial charge in [0.2, 0.25) is 0 Å². The number of carbonyl (C=O) groups excluding carboxylic acids is 1. The maximum atomic E-state index is 13.5. The molecular weight excluding hydrogens is 287 g/mol. The predicted octanol–water partition coefficient (Wildman–Crippen LogP) is 1.30. The number of hydrogen-bond donors (Lipinski definition) is 2. The number of nitrogens with zero attached hydrogens (tertiary/aromatic N) is 1. The van der Waals surface area contributed by atoms with Crippen molar-refractivity contribution in [3.05, 3.63) is 34.1 Å². The molecule has 0 radical (unpaired) electrons. The minimum absolute atomic E-state index is 0.171. The highest BCUT2D eigenvalue weighted by Crippen LogP contribution is 2.24. The van der Waals surface area contributed by atoms with Crippen LogP contribution in [0.15, 0.2) is 18.2 Å². The first-order valence-corrected chi connectivity index (χ1v) is 6.01. The van der Waals surface area contributed by atoms with Crippen molar-refractivity contribution in [3.63, 3.8) is 0 Å². The number of amides is 1. The van der Waals surface area contributed by atoms with Crippen LogP contribution < -0.4 is 5.32 Å². The maximum absolute atomic E-state index is 13.5. The highest BCUT2D eigenvalue weighted by Gasteiger charge is 2.35. The topological polar surface area (TPSA) is 119 Å². The van der Waals surface area contributed by atoms with E-state index < -0.39 is 34.8 Å². The molecule has 2 N–H and O–H groups in total. The number of anilines is 1. The lowest BCUT2D eigenvalue weighted by Gasteiger charge is -2.12. The molecule has 1 aromatic rings. The molecule has 0 bridgehead atoms. The van der Waals surface area contributed by atoms with Gasteiger partial charge >= 0.3 is 5.97 Å².